The number of hydrogen-bond donors (Lipinski definition) is 1. The van der Waals surface area contributed by atoms with E-state index in [4.69, 9.17) is 27.9 Å². The van der Waals surface area contributed by atoms with E-state index in [-0.39, 0.29) is 26.5 Å². The van der Waals surface area contributed by atoms with Crippen LogP contribution in [-0.2, 0) is 10.0 Å². The molecule has 1 aromatic carbocycles. The number of amides is 1. The minimum atomic E-state index is -3.67. The standard InChI is InChI=1S/C15H15Cl2N3O4S/c1-20(2)25(22,23)9-4-6-12(24-3)11(8-9)18-15(21)10-5-7-13(16)19-14(10)17/h4-8H,1-3H3,(H,18,21). The number of ether oxygens (including phenoxy) is 1. The number of nitrogens with zero attached hydrogens (tertiary/aromatic N) is 2. The molecule has 0 aliphatic heterocycles. The summed E-state index contributed by atoms with van der Waals surface area (Å²) in [5.41, 5.74) is 0.274. The molecule has 2 rings (SSSR count). The molecular formula is C15H15Cl2N3O4S. The number of aromatic nitrogens is 1. The summed E-state index contributed by atoms with van der Waals surface area (Å²) >= 11 is 11.6. The molecule has 0 aliphatic carbocycles. The van der Waals surface area contributed by atoms with Gasteiger partial charge in [0.15, 0.2) is 0 Å². The van der Waals surface area contributed by atoms with Gasteiger partial charge in [0.05, 0.1) is 23.3 Å². The SMILES string of the molecule is COc1ccc(S(=O)(=O)N(C)C)cc1NC(=O)c1ccc(Cl)nc1Cl. The summed E-state index contributed by atoms with van der Waals surface area (Å²) in [6.07, 6.45) is 0. The molecule has 134 valence electrons. The van der Waals surface area contributed by atoms with Crippen molar-refractivity contribution < 1.29 is 17.9 Å². The van der Waals surface area contributed by atoms with Crippen molar-refractivity contribution in [2.45, 2.75) is 4.90 Å². The van der Waals surface area contributed by atoms with Gasteiger partial charge >= 0.3 is 0 Å². The molecular weight excluding hydrogens is 389 g/mol. The van der Waals surface area contributed by atoms with Crippen LogP contribution >= 0.6 is 23.2 Å². The number of anilines is 1. The number of carbonyl (C=O) groups is 1. The zero-order chi connectivity index (χ0) is 18.8. The number of pyridine rings is 1. The predicted octanol–water partition coefficient (Wildman–Crippen LogP) is 2.90. The number of methoxy groups -OCH3 is 1. The Morgan fingerprint density at radius 2 is 1.88 bits per heavy atom. The molecule has 0 fully saturated rings. The van der Waals surface area contributed by atoms with E-state index in [0.29, 0.717) is 5.75 Å². The third kappa shape index (κ3) is 4.21. The van der Waals surface area contributed by atoms with Gasteiger partial charge in [0.1, 0.15) is 16.1 Å². The molecule has 10 heteroatoms. The highest BCUT2D eigenvalue weighted by molar-refractivity contribution is 7.89. The van der Waals surface area contributed by atoms with Crippen LogP contribution < -0.4 is 10.1 Å². The Bertz CT molecular complexity index is 917. The normalized spacial score (nSPS) is 11.4. The number of nitrogens with one attached hydrogen (secondary N) is 1. The molecule has 0 spiro atoms. The molecule has 0 unspecified atom stereocenters. The summed E-state index contributed by atoms with van der Waals surface area (Å²) in [7, 11) is 0.564. The van der Waals surface area contributed by atoms with Crippen LogP contribution in [0.1, 0.15) is 10.4 Å². The first-order valence-corrected chi connectivity index (χ1v) is 9.10. The van der Waals surface area contributed by atoms with Crippen LogP contribution in [0.2, 0.25) is 10.3 Å². The Kier molecular flexibility index (Phi) is 5.89. The Morgan fingerprint density at radius 3 is 2.44 bits per heavy atom. The van der Waals surface area contributed by atoms with Crippen LogP contribution in [0.3, 0.4) is 0 Å². The third-order valence-corrected chi connectivity index (χ3v) is 5.57. The maximum Gasteiger partial charge on any atom is 0.258 e. The fourth-order valence-electron chi connectivity index (χ4n) is 1.93. The van der Waals surface area contributed by atoms with Gasteiger partial charge in [0, 0.05) is 14.1 Å². The van der Waals surface area contributed by atoms with E-state index < -0.39 is 15.9 Å². The molecule has 1 amide bonds. The lowest BCUT2D eigenvalue weighted by Crippen LogP contribution is -2.22. The molecule has 0 saturated heterocycles. The quantitative estimate of drug-likeness (QED) is 0.775. The topological polar surface area (TPSA) is 88.6 Å². The van der Waals surface area contributed by atoms with Crippen molar-refractivity contribution in [1.82, 2.24) is 9.29 Å². The molecule has 1 heterocycles. The second kappa shape index (κ2) is 7.57. The fraction of sp³-hybridized carbons (Fsp3) is 0.200. The molecule has 7 nitrogen and oxygen atoms in total. The second-order valence-electron chi connectivity index (χ2n) is 5.08. The summed E-state index contributed by atoms with van der Waals surface area (Å²) in [6.45, 7) is 0. The highest BCUT2D eigenvalue weighted by atomic mass is 35.5. The zero-order valence-corrected chi connectivity index (χ0v) is 15.9. The molecule has 0 atom stereocenters. The van der Waals surface area contributed by atoms with Gasteiger partial charge in [0.2, 0.25) is 10.0 Å². The van der Waals surface area contributed by atoms with Crippen LogP contribution in [0.15, 0.2) is 35.2 Å². The number of hydrogen-bond acceptors (Lipinski definition) is 5. The highest BCUT2D eigenvalue weighted by Crippen LogP contribution is 2.29. The molecule has 25 heavy (non-hydrogen) atoms. The lowest BCUT2D eigenvalue weighted by atomic mass is 10.2. The van der Waals surface area contributed by atoms with Crippen molar-refractivity contribution in [1.29, 1.82) is 0 Å². The molecule has 0 bridgehead atoms. The van der Waals surface area contributed by atoms with Crippen LogP contribution in [0.4, 0.5) is 5.69 Å². The Balaban J connectivity index is 2.42. The average molecular weight is 404 g/mol. The summed E-state index contributed by atoms with van der Waals surface area (Å²) < 4.78 is 30.8. The van der Waals surface area contributed by atoms with Gasteiger partial charge in [-0.05, 0) is 30.3 Å². The Hall–Kier alpha value is -1.87. The van der Waals surface area contributed by atoms with Gasteiger partial charge in [-0.3, -0.25) is 4.79 Å². The van der Waals surface area contributed by atoms with E-state index in [9.17, 15) is 13.2 Å². The predicted molar refractivity (Wildman–Crippen MR) is 96.1 cm³/mol. The number of carbonyl (C=O) groups excluding carboxylic acids is 1. The summed E-state index contributed by atoms with van der Waals surface area (Å²) in [5, 5.41) is 2.66. The van der Waals surface area contributed by atoms with E-state index in [1.54, 1.807) is 0 Å². The van der Waals surface area contributed by atoms with Crippen molar-refractivity contribution >= 4 is 44.8 Å². The Labute approximate surface area is 155 Å². The van der Waals surface area contributed by atoms with Gasteiger partial charge in [0.25, 0.3) is 5.91 Å². The molecule has 0 radical (unpaired) electrons. The van der Waals surface area contributed by atoms with Crippen LogP contribution in [0.25, 0.3) is 0 Å². The van der Waals surface area contributed by atoms with Gasteiger partial charge < -0.3 is 10.1 Å². The first-order chi connectivity index (χ1) is 11.7. The van der Waals surface area contributed by atoms with E-state index in [1.165, 1.54) is 51.5 Å². The largest absolute Gasteiger partial charge is 0.495 e. The smallest absolute Gasteiger partial charge is 0.258 e. The lowest BCUT2D eigenvalue weighted by molar-refractivity contribution is 0.102. The van der Waals surface area contributed by atoms with Gasteiger partial charge in [-0.15, -0.1) is 0 Å². The summed E-state index contributed by atoms with van der Waals surface area (Å²) in [5.74, 6) is -0.282. The van der Waals surface area contributed by atoms with Crippen LogP contribution in [0.5, 0.6) is 5.75 Å². The number of benzene rings is 1. The van der Waals surface area contributed by atoms with E-state index in [1.807, 2.05) is 0 Å². The van der Waals surface area contributed by atoms with Gasteiger partial charge in [-0.25, -0.2) is 17.7 Å². The first kappa shape index (κ1) is 19.5. The minimum absolute atomic E-state index is 0.00827. The van der Waals surface area contributed by atoms with Crippen molar-refractivity contribution in [2.24, 2.45) is 0 Å². The summed E-state index contributed by atoms with van der Waals surface area (Å²) in [4.78, 5) is 16.2. The fourth-order valence-corrected chi connectivity index (χ4v) is 3.29. The van der Waals surface area contributed by atoms with E-state index in [2.05, 4.69) is 10.3 Å². The van der Waals surface area contributed by atoms with Crippen molar-refractivity contribution in [3.8, 4) is 5.75 Å². The molecule has 0 aliphatic rings. The first-order valence-electron chi connectivity index (χ1n) is 6.90. The van der Waals surface area contributed by atoms with E-state index >= 15 is 0 Å². The molecule has 0 saturated carbocycles. The van der Waals surface area contributed by atoms with Crippen LogP contribution in [0, 0.1) is 0 Å². The van der Waals surface area contributed by atoms with Gasteiger partial charge in [-0.2, -0.15) is 0 Å². The van der Waals surface area contributed by atoms with Crippen molar-refractivity contribution in [3.05, 3.63) is 46.2 Å². The average Bonchev–Trinajstić information content (AvgIpc) is 2.54. The highest BCUT2D eigenvalue weighted by Gasteiger charge is 2.21. The second-order valence-corrected chi connectivity index (χ2v) is 7.97. The maximum atomic E-state index is 12.4. The lowest BCUT2D eigenvalue weighted by Gasteiger charge is -2.15. The summed E-state index contributed by atoms with van der Waals surface area (Å²) in [6, 6.07) is 6.99. The third-order valence-electron chi connectivity index (χ3n) is 3.26. The number of halogens is 2. The van der Waals surface area contributed by atoms with Crippen molar-refractivity contribution in [3.63, 3.8) is 0 Å². The zero-order valence-electron chi connectivity index (χ0n) is 13.6. The van der Waals surface area contributed by atoms with Crippen molar-refractivity contribution in [2.75, 3.05) is 26.5 Å². The Morgan fingerprint density at radius 1 is 1.20 bits per heavy atom. The van der Waals surface area contributed by atoms with Crippen LogP contribution in [-0.4, -0.2) is 44.8 Å². The number of rotatable bonds is 5. The monoisotopic (exact) mass is 403 g/mol. The maximum absolute atomic E-state index is 12.4. The molecule has 2 aromatic rings. The van der Waals surface area contributed by atoms with Gasteiger partial charge in [-0.1, -0.05) is 23.2 Å². The van der Waals surface area contributed by atoms with E-state index in [0.717, 1.165) is 4.31 Å². The molecule has 1 N–H and O–H groups in total. The minimum Gasteiger partial charge on any atom is -0.495 e. The molecule has 1 aromatic heterocycles. The number of sulfonamides is 1.